The third-order valence-corrected chi connectivity index (χ3v) is 5.68. The van der Waals surface area contributed by atoms with Crippen LogP contribution in [0.25, 0.3) is 0 Å². The number of carbonyl (C=O) groups is 2. The second kappa shape index (κ2) is 12.6. The number of carbonyl (C=O) groups excluding carboxylic acids is 2. The summed E-state index contributed by atoms with van der Waals surface area (Å²) in [5, 5.41) is 8.86. The normalized spacial score (nSPS) is 14.8. The number of aryl methyl sites for hydroxylation is 1. The van der Waals surface area contributed by atoms with Gasteiger partial charge in [-0.1, -0.05) is 36.4 Å². The molecule has 1 aliphatic heterocycles. The summed E-state index contributed by atoms with van der Waals surface area (Å²) in [6, 6.07) is 24.5. The standard InChI is InChI=1S/C28H31N3O4/c32-27(16-11-21-6-2-1-3-7-21)30-22-12-14-23(15-13-22)31-28(33)19-29-24-8-4-9-25(18-24)35-20-26-10-5-17-34-26/h1-4,6-9,12-15,18,26,29H,5,10-11,16-17,19-20H2,(H,30,32)(H,31,33). The summed E-state index contributed by atoms with van der Waals surface area (Å²) in [5.74, 6) is 0.527. The molecule has 0 saturated carbocycles. The zero-order chi connectivity index (χ0) is 24.3. The number of hydrogen-bond donors (Lipinski definition) is 3. The summed E-state index contributed by atoms with van der Waals surface area (Å²) in [5.41, 5.74) is 3.29. The maximum atomic E-state index is 12.4. The number of anilines is 3. The largest absolute Gasteiger partial charge is 0.491 e. The summed E-state index contributed by atoms with van der Waals surface area (Å²) in [4.78, 5) is 24.6. The highest BCUT2D eigenvalue weighted by molar-refractivity contribution is 5.94. The molecule has 0 radical (unpaired) electrons. The van der Waals surface area contributed by atoms with Crippen LogP contribution < -0.4 is 20.7 Å². The minimum atomic E-state index is -0.171. The first kappa shape index (κ1) is 24.3. The van der Waals surface area contributed by atoms with Crippen molar-refractivity contribution in [2.75, 3.05) is 35.7 Å². The predicted octanol–water partition coefficient (Wildman–Crippen LogP) is 4.87. The third-order valence-electron chi connectivity index (χ3n) is 5.68. The Bertz CT molecular complexity index is 1100. The summed E-state index contributed by atoms with van der Waals surface area (Å²) >= 11 is 0. The van der Waals surface area contributed by atoms with Crippen LogP contribution in [0.5, 0.6) is 5.75 Å². The molecule has 1 saturated heterocycles. The third kappa shape index (κ3) is 8.15. The maximum Gasteiger partial charge on any atom is 0.243 e. The van der Waals surface area contributed by atoms with Gasteiger partial charge >= 0.3 is 0 Å². The van der Waals surface area contributed by atoms with Gasteiger partial charge in [0.25, 0.3) is 0 Å². The molecule has 1 heterocycles. The minimum Gasteiger partial charge on any atom is -0.491 e. The van der Waals surface area contributed by atoms with E-state index in [0.717, 1.165) is 36.4 Å². The van der Waals surface area contributed by atoms with Crippen molar-refractivity contribution in [2.45, 2.75) is 31.8 Å². The zero-order valence-corrected chi connectivity index (χ0v) is 19.7. The van der Waals surface area contributed by atoms with Crippen molar-refractivity contribution in [1.82, 2.24) is 0 Å². The fourth-order valence-corrected chi connectivity index (χ4v) is 3.81. The molecular formula is C28H31N3O4. The molecule has 0 spiro atoms. The molecule has 7 nitrogen and oxygen atoms in total. The van der Waals surface area contributed by atoms with Crippen molar-refractivity contribution < 1.29 is 19.1 Å². The first-order valence-electron chi connectivity index (χ1n) is 12.0. The highest BCUT2D eigenvalue weighted by atomic mass is 16.5. The minimum absolute atomic E-state index is 0.0446. The van der Waals surface area contributed by atoms with Crippen LogP contribution in [0.1, 0.15) is 24.8 Å². The number of benzene rings is 3. The molecule has 7 heteroatoms. The van der Waals surface area contributed by atoms with Crippen molar-refractivity contribution in [2.24, 2.45) is 0 Å². The Morgan fingerprint density at radius 3 is 2.31 bits per heavy atom. The van der Waals surface area contributed by atoms with Crippen LogP contribution in [-0.4, -0.2) is 37.7 Å². The Labute approximate surface area is 205 Å². The fourth-order valence-electron chi connectivity index (χ4n) is 3.81. The molecule has 1 fully saturated rings. The van der Waals surface area contributed by atoms with Crippen LogP contribution in [-0.2, 0) is 20.7 Å². The van der Waals surface area contributed by atoms with E-state index < -0.39 is 0 Å². The molecule has 0 aromatic heterocycles. The summed E-state index contributed by atoms with van der Waals surface area (Å²) < 4.78 is 11.4. The lowest BCUT2D eigenvalue weighted by molar-refractivity contribution is -0.116. The Balaban J connectivity index is 1.18. The van der Waals surface area contributed by atoms with Crippen molar-refractivity contribution in [3.05, 3.63) is 84.4 Å². The topological polar surface area (TPSA) is 88.7 Å². The Kier molecular flexibility index (Phi) is 8.73. The molecule has 3 aromatic carbocycles. The highest BCUT2D eigenvalue weighted by Crippen LogP contribution is 2.20. The molecule has 3 N–H and O–H groups in total. The van der Waals surface area contributed by atoms with E-state index in [0.29, 0.717) is 30.8 Å². The lowest BCUT2D eigenvalue weighted by Gasteiger charge is -2.13. The maximum absolute atomic E-state index is 12.4. The van der Waals surface area contributed by atoms with E-state index >= 15 is 0 Å². The van der Waals surface area contributed by atoms with Gasteiger partial charge in [0.1, 0.15) is 12.4 Å². The molecule has 2 amide bonds. The summed E-state index contributed by atoms with van der Waals surface area (Å²) in [6.07, 6.45) is 3.37. The molecule has 0 aliphatic carbocycles. The van der Waals surface area contributed by atoms with Gasteiger partial charge in [-0.2, -0.15) is 0 Å². The Hall–Kier alpha value is -3.84. The zero-order valence-electron chi connectivity index (χ0n) is 19.7. The van der Waals surface area contributed by atoms with Gasteiger partial charge < -0.3 is 25.4 Å². The van der Waals surface area contributed by atoms with Crippen LogP contribution in [0.4, 0.5) is 17.1 Å². The average molecular weight is 474 g/mol. The molecule has 182 valence electrons. The number of ether oxygens (including phenoxy) is 2. The van der Waals surface area contributed by atoms with Crippen LogP contribution >= 0.6 is 0 Å². The average Bonchev–Trinajstić information content (AvgIpc) is 3.41. The van der Waals surface area contributed by atoms with Gasteiger partial charge in [-0.3, -0.25) is 9.59 Å². The van der Waals surface area contributed by atoms with E-state index in [2.05, 4.69) is 16.0 Å². The number of rotatable bonds is 11. The van der Waals surface area contributed by atoms with Crippen molar-refractivity contribution >= 4 is 28.9 Å². The van der Waals surface area contributed by atoms with Gasteiger partial charge in [-0.15, -0.1) is 0 Å². The SMILES string of the molecule is O=C(CCc1ccccc1)Nc1ccc(NC(=O)CNc2cccc(OCC3CCCO3)c2)cc1. The van der Waals surface area contributed by atoms with E-state index in [1.54, 1.807) is 24.3 Å². The first-order valence-corrected chi connectivity index (χ1v) is 12.0. The summed E-state index contributed by atoms with van der Waals surface area (Å²) in [7, 11) is 0. The summed E-state index contributed by atoms with van der Waals surface area (Å²) in [6.45, 7) is 1.46. The van der Waals surface area contributed by atoms with Crippen molar-refractivity contribution in [3.8, 4) is 5.75 Å². The quantitative estimate of drug-likeness (QED) is 0.370. The first-order chi connectivity index (χ1) is 17.1. The lowest BCUT2D eigenvalue weighted by atomic mass is 10.1. The number of nitrogens with one attached hydrogen (secondary N) is 3. The molecular weight excluding hydrogens is 442 g/mol. The second-order valence-corrected chi connectivity index (χ2v) is 8.49. The molecule has 4 rings (SSSR count). The monoisotopic (exact) mass is 473 g/mol. The fraction of sp³-hybridized carbons (Fsp3) is 0.286. The molecule has 35 heavy (non-hydrogen) atoms. The van der Waals surface area contributed by atoms with E-state index in [1.165, 1.54) is 0 Å². The van der Waals surface area contributed by atoms with Crippen LogP contribution in [0.3, 0.4) is 0 Å². The van der Waals surface area contributed by atoms with E-state index in [-0.39, 0.29) is 24.5 Å². The predicted molar refractivity (Wildman–Crippen MR) is 138 cm³/mol. The molecule has 3 aromatic rings. The van der Waals surface area contributed by atoms with Gasteiger partial charge in [0.05, 0.1) is 12.6 Å². The molecule has 1 unspecified atom stereocenters. The van der Waals surface area contributed by atoms with Crippen LogP contribution in [0, 0.1) is 0 Å². The lowest BCUT2D eigenvalue weighted by Crippen LogP contribution is -2.21. The molecule has 1 atom stereocenters. The number of amides is 2. The van der Waals surface area contributed by atoms with E-state index in [9.17, 15) is 9.59 Å². The highest BCUT2D eigenvalue weighted by Gasteiger charge is 2.16. The smallest absolute Gasteiger partial charge is 0.243 e. The van der Waals surface area contributed by atoms with Crippen LogP contribution in [0.15, 0.2) is 78.9 Å². The second-order valence-electron chi connectivity index (χ2n) is 8.49. The Morgan fingerprint density at radius 1 is 0.857 bits per heavy atom. The van der Waals surface area contributed by atoms with E-state index in [4.69, 9.17) is 9.47 Å². The van der Waals surface area contributed by atoms with Crippen molar-refractivity contribution in [1.29, 1.82) is 0 Å². The number of hydrogen-bond acceptors (Lipinski definition) is 5. The van der Waals surface area contributed by atoms with Gasteiger partial charge in [0.15, 0.2) is 0 Å². The molecule has 0 bridgehead atoms. The van der Waals surface area contributed by atoms with E-state index in [1.807, 2.05) is 54.6 Å². The Morgan fingerprint density at radius 2 is 1.60 bits per heavy atom. The van der Waals surface area contributed by atoms with Gasteiger partial charge in [-0.05, 0) is 61.2 Å². The van der Waals surface area contributed by atoms with Crippen molar-refractivity contribution in [3.63, 3.8) is 0 Å². The van der Waals surface area contributed by atoms with Gasteiger partial charge in [0, 0.05) is 36.2 Å². The van der Waals surface area contributed by atoms with Crippen LogP contribution in [0.2, 0.25) is 0 Å². The van der Waals surface area contributed by atoms with Gasteiger partial charge in [-0.25, -0.2) is 0 Å². The van der Waals surface area contributed by atoms with Gasteiger partial charge in [0.2, 0.25) is 11.8 Å². The molecule has 1 aliphatic rings.